The van der Waals surface area contributed by atoms with Crippen LogP contribution in [0.15, 0.2) is 67.1 Å². The number of hydrogen-bond acceptors (Lipinski definition) is 5. The van der Waals surface area contributed by atoms with Crippen LogP contribution < -0.4 is 10.2 Å². The van der Waals surface area contributed by atoms with Crippen molar-refractivity contribution in [2.75, 3.05) is 36.4 Å². The number of aromatic nitrogens is 3. The van der Waals surface area contributed by atoms with Gasteiger partial charge in [-0.05, 0) is 67.8 Å². The highest BCUT2D eigenvalue weighted by Gasteiger charge is 2.21. The maximum atomic E-state index is 4.64. The molecule has 6 heteroatoms. The minimum Gasteiger partial charge on any atom is -0.369 e. The van der Waals surface area contributed by atoms with Crippen LogP contribution in [0, 0.1) is 0 Å². The van der Waals surface area contributed by atoms with Crippen LogP contribution >= 0.6 is 0 Å². The van der Waals surface area contributed by atoms with Gasteiger partial charge in [0, 0.05) is 73.4 Å². The second-order valence-corrected chi connectivity index (χ2v) is 9.31. The van der Waals surface area contributed by atoms with E-state index >= 15 is 0 Å². The number of hydrogen-bond donors (Lipinski definition) is 1. The molecular weight excluding hydrogens is 432 g/mol. The van der Waals surface area contributed by atoms with Crippen LogP contribution in [0.25, 0.3) is 16.9 Å². The Morgan fingerprint density at radius 1 is 0.857 bits per heavy atom. The van der Waals surface area contributed by atoms with E-state index in [1.165, 1.54) is 18.5 Å². The summed E-state index contributed by atoms with van der Waals surface area (Å²) in [7, 11) is 0. The fraction of sp³-hybridized carbons (Fsp3) is 0.379. The first-order valence-electron chi connectivity index (χ1n) is 13.0. The average molecular weight is 469 g/mol. The molecule has 0 aliphatic carbocycles. The van der Waals surface area contributed by atoms with Crippen molar-refractivity contribution in [1.82, 2.24) is 19.3 Å². The molecule has 6 nitrogen and oxygen atoms in total. The highest BCUT2D eigenvalue weighted by atomic mass is 15.3. The normalized spacial score (nSPS) is 14.7. The number of pyridine rings is 2. The molecule has 0 bridgehead atoms. The smallest absolute Gasteiger partial charge is 0.161 e. The molecule has 1 aromatic carbocycles. The van der Waals surface area contributed by atoms with E-state index in [1.807, 2.05) is 18.6 Å². The molecule has 182 valence electrons. The first-order chi connectivity index (χ1) is 17.2. The van der Waals surface area contributed by atoms with Gasteiger partial charge in [0.05, 0.1) is 11.4 Å². The van der Waals surface area contributed by atoms with Crippen molar-refractivity contribution >= 4 is 22.7 Å². The van der Waals surface area contributed by atoms with Gasteiger partial charge in [-0.3, -0.25) is 14.3 Å². The highest BCUT2D eigenvalue weighted by Crippen LogP contribution is 2.29. The lowest BCUT2D eigenvalue weighted by Gasteiger charge is -2.39. The van der Waals surface area contributed by atoms with E-state index in [1.54, 1.807) is 0 Å². The van der Waals surface area contributed by atoms with Gasteiger partial charge >= 0.3 is 0 Å². The van der Waals surface area contributed by atoms with Crippen LogP contribution in [0.5, 0.6) is 0 Å². The molecule has 5 rings (SSSR count). The summed E-state index contributed by atoms with van der Waals surface area (Å²) in [6.45, 7) is 11.2. The Balaban J connectivity index is 1.30. The molecular formula is C29H36N6. The van der Waals surface area contributed by atoms with Crippen molar-refractivity contribution in [3.8, 4) is 11.3 Å². The van der Waals surface area contributed by atoms with Crippen LogP contribution in [0.1, 0.15) is 39.3 Å². The molecule has 0 radical (unpaired) electrons. The minimum absolute atomic E-state index is 0.724. The molecule has 4 aromatic rings. The fourth-order valence-electron chi connectivity index (χ4n) is 5.24. The second-order valence-electron chi connectivity index (χ2n) is 9.31. The largest absolute Gasteiger partial charge is 0.369 e. The van der Waals surface area contributed by atoms with Crippen LogP contribution in [0.4, 0.5) is 17.1 Å². The third-order valence-electron chi connectivity index (χ3n) is 7.31. The lowest BCUT2D eigenvalue weighted by Crippen LogP contribution is -2.50. The van der Waals surface area contributed by atoms with Crippen LogP contribution in [-0.2, 0) is 6.42 Å². The molecule has 0 amide bonds. The summed E-state index contributed by atoms with van der Waals surface area (Å²) in [4.78, 5) is 14.2. The number of aryl methyl sites for hydroxylation is 1. The van der Waals surface area contributed by atoms with E-state index in [2.05, 4.69) is 98.8 Å². The predicted octanol–water partition coefficient (Wildman–Crippen LogP) is 6.01. The summed E-state index contributed by atoms with van der Waals surface area (Å²) in [6.07, 6.45) is 9.16. The molecule has 0 atom stereocenters. The Kier molecular flexibility index (Phi) is 7.00. The summed E-state index contributed by atoms with van der Waals surface area (Å²) < 4.78 is 2.14. The van der Waals surface area contributed by atoms with Gasteiger partial charge in [0.15, 0.2) is 5.65 Å². The van der Waals surface area contributed by atoms with Gasteiger partial charge in [0.2, 0.25) is 0 Å². The van der Waals surface area contributed by atoms with E-state index < -0.39 is 0 Å². The number of rotatable bonds is 8. The van der Waals surface area contributed by atoms with Gasteiger partial charge in [-0.15, -0.1) is 0 Å². The van der Waals surface area contributed by atoms with Crippen LogP contribution in [0.2, 0.25) is 0 Å². The number of anilines is 3. The fourth-order valence-corrected chi connectivity index (χ4v) is 5.24. The molecule has 0 spiro atoms. The first kappa shape index (κ1) is 23.4. The highest BCUT2D eigenvalue weighted by molar-refractivity contribution is 5.78. The van der Waals surface area contributed by atoms with E-state index in [0.717, 1.165) is 72.6 Å². The molecule has 1 aliphatic heterocycles. The SMILES string of the molecule is CCc1cc(-c2ccc(Nc3ccc(N4CCN(C(CC)CC)CC4)cc3)c3nccn23)ccn1. The van der Waals surface area contributed by atoms with Crippen molar-refractivity contribution in [2.24, 2.45) is 0 Å². The standard InChI is InChI=1S/C29H36N6/c1-4-23-21-22(13-14-30-23)28-12-11-27(29-31-15-16-35(28)29)32-24-7-9-26(10-8-24)34-19-17-33(18-20-34)25(5-2)6-3/h7-16,21,25,32H,4-6,17-20H2,1-3H3. The summed E-state index contributed by atoms with van der Waals surface area (Å²) >= 11 is 0. The topological polar surface area (TPSA) is 48.7 Å². The third kappa shape index (κ3) is 4.89. The number of piperazine rings is 1. The lowest BCUT2D eigenvalue weighted by molar-refractivity contribution is 0.175. The lowest BCUT2D eigenvalue weighted by atomic mass is 10.1. The molecule has 4 heterocycles. The minimum atomic E-state index is 0.724. The zero-order valence-electron chi connectivity index (χ0n) is 21.1. The quantitative estimate of drug-likeness (QED) is 0.343. The second kappa shape index (κ2) is 10.5. The number of nitrogens with one attached hydrogen (secondary N) is 1. The van der Waals surface area contributed by atoms with E-state index in [9.17, 15) is 0 Å². The van der Waals surface area contributed by atoms with Gasteiger partial charge in [-0.2, -0.15) is 0 Å². The molecule has 35 heavy (non-hydrogen) atoms. The molecule has 1 aliphatic rings. The summed E-state index contributed by atoms with van der Waals surface area (Å²) in [5, 5.41) is 3.58. The molecule has 0 saturated carbocycles. The van der Waals surface area contributed by atoms with Gasteiger partial charge in [0.1, 0.15) is 0 Å². The number of imidazole rings is 1. The molecule has 3 aromatic heterocycles. The van der Waals surface area contributed by atoms with Crippen LogP contribution in [-0.4, -0.2) is 51.5 Å². The van der Waals surface area contributed by atoms with Crippen molar-refractivity contribution in [1.29, 1.82) is 0 Å². The molecule has 1 N–H and O–H groups in total. The predicted molar refractivity (Wildman–Crippen MR) is 146 cm³/mol. The van der Waals surface area contributed by atoms with E-state index in [0.29, 0.717) is 0 Å². The van der Waals surface area contributed by atoms with Gasteiger partial charge in [0.25, 0.3) is 0 Å². The number of benzene rings is 1. The number of nitrogens with zero attached hydrogens (tertiary/aromatic N) is 5. The summed E-state index contributed by atoms with van der Waals surface area (Å²) in [5.41, 5.74) is 7.64. The summed E-state index contributed by atoms with van der Waals surface area (Å²) in [5.74, 6) is 0. The van der Waals surface area contributed by atoms with Crippen molar-refractivity contribution in [2.45, 2.75) is 46.1 Å². The Hall–Kier alpha value is -3.38. The molecule has 0 unspecified atom stereocenters. The van der Waals surface area contributed by atoms with Crippen molar-refractivity contribution in [3.05, 3.63) is 72.8 Å². The zero-order valence-corrected chi connectivity index (χ0v) is 21.1. The maximum Gasteiger partial charge on any atom is 0.161 e. The maximum absolute atomic E-state index is 4.64. The van der Waals surface area contributed by atoms with Crippen LogP contribution in [0.3, 0.4) is 0 Å². The van der Waals surface area contributed by atoms with E-state index in [4.69, 9.17) is 0 Å². The van der Waals surface area contributed by atoms with Crippen molar-refractivity contribution < 1.29 is 0 Å². The monoisotopic (exact) mass is 468 g/mol. The Morgan fingerprint density at radius 2 is 1.63 bits per heavy atom. The molecule has 1 saturated heterocycles. The zero-order chi connectivity index (χ0) is 24.2. The average Bonchev–Trinajstić information content (AvgIpc) is 3.41. The van der Waals surface area contributed by atoms with Gasteiger partial charge in [-0.25, -0.2) is 4.98 Å². The molecule has 1 fully saturated rings. The van der Waals surface area contributed by atoms with Gasteiger partial charge in [-0.1, -0.05) is 20.8 Å². The van der Waals surface area contributed by atoms with Gasteiger partial charge < -0.3 is 10.2 Å². The van der Waals surface area contributed by atoms with Crippen molar-refractivity contribution in [3.63, 3.8) is 0 Å². The number of fused-ring (bicyclic) bond motifs is 1. The third-order valence-corrected chi connectivity index (χ3v) is 7.31. The Morgan fingerprint density at radius 3 is 2.34 bits per heavy atom. The Labute approximate surface area is 208 Å². The van der Waals surface area contributed by atoms with E-state index in [-0.39, 0.29) is 0 Å². The first-order valence-corrected chi connectivity index (χ1v) is 13.0. The summed E-state index contributed by atoms with van der Waals surface area (Å²) in [6, 6.07) is 18.0. The Bertz CT molecular complexity index is 1250.